The Morgan fingerprint density at radius 3 is 2.48 bits per heavy atom. The van der Waals surface area contributed by atoms with Gasteiger partial charge in [-0.1, -0.05) is 24.3 Å². The molecule has 40 heavy (non-hydrogen) atoms. The van der Waals surface area contributed by atoms with Crippen LogP contribution in [0.2, 0.25) is 0 Å². The van der Waals surface area contributed by atoms with E-state index >= 15 is 0 Å². The lowest BCUT2D eigenvalue weighted by Gasteiger charge is -2.20. The largest absolute Gasteiger partial charge is 0.497 e. The maximum Gasteiger partial charge on any atom is 0.335 e. The first kappa shape index (κ1) is 29.6. The quantitative estimate of drug-likeness (QED) is 0.296. The van der Waals surface area contributed by atoms with E-state index < -0.39 is 5.97 Å². The second-order valence-corrected chi connectivity index (χ2v) is 10.5. The van der Waals surface area contributed by atoms with E-state index in [0.29, 0.717) is 12.0 Å². The van der Waals surface area contributed by atoms with E-state index in [9.17, 15) is 14.3 Å². The topological polar surface area (TPSA) is 59.0 Å². The molecule has 7 heteroatoms. The first-order chi connectivity index (χ1) is 19.0. The van der Waals surface area contributed by atoms with Crippen LogP contribution in [-0.2, 0) is 6.42 Å². The number of hydrogen-bond acceptors (Lipinski definition) is 4. The third-order valence-electron chi connectivity index (χ3n) is 7.84. The van der Waals surface area contributed by atoms with Crippen molar-refractivity contribution in [2.75, 3.05) is 33.4 Å². The van der Waals surface area contributed by atoms with Gasteiger partial charge in [-0.25, -0.2) is 4.79 Å². The second-order valence-electron chi connectivity index (χ2n) is 10.5. The summed E-state index contributed by atoms with van der Waals surface area (Å²) in [5, 5.41) is 9.60. The van der Waals surface area contributed by atoms with Gasteiger partial charge in [0, 0.05) is 19.6 Å². The Bertz CT molecular complexity index is 1370. The molecule has 0 saturated carbocycles. The van der Waals surface area contributed by atoms with Crippen LogP contribution in [0.5, 0.6) is 11.5 Å². The summed E-state index contributed by atoms with van der Waals surface area (Å²) in [5.74, 6) is 0.750. The van der Waals surface area contributed by atoms with Gasteiger partial charge in [0.2, 0.25) is 0 Å². The molecule has 0 unspecified atom stereocenters. The van der Waals surface area contributed by atoms with Crippen molar-refractivity contribution in [3.63, 3.8) is 0 Å². The number of carboxylic acid groups (broad SMARTS) is 1. The number of nitrogens with zero attached hydrogens (tertiary/aromatic N) is 1. The number of methoxy groups -OCH3 is 1. The van der Waals surface area contributed by atoms with Crippen LogP contribution in [0.3, 0.4) is 0 Å². The molecule has 0 aromatic heterocycles. The summed E-state index contributed by atoms with van der Waals surface area (Å²) in [6.07, 6.45) is 4.26. The van der Waals surface area contributed by atoms with Crippen LogP contribution in [0.15, 0.2) is 60.7 Å². The van der Waals surface area contributed by atoms with Gasteiger partial charge in [-0.2, -0.15) is 0 Å². The molecule has 5 rings (SSSR count). The van der Waals surface area contributed by atoms with Gasteiger partial charge in [0.05, 0.1) is 19.3 Å². The minimum Gasteiger partial charge on any atom is -0.497 e. The van der Waals surface area contributed by atoms with Gasteiger partial charge in [0.25, 0.3) is 0 Å². The molecule has 1 N–H and O–H groups in total. The van der Waals surface area contributed by atoms with Crippen LogP contribution in [0.1, 0.15) is 63.9 Å². The SMILES string of the molecule is COc1ccc(C2=C(c3ccc(O[C@H]4CCN(CCCF)C4)cc3)c3ccc(C(=O)O)cc3CCC2)c(C)c1.Cl. The Morgan fingerprint density at radius 1 is 1.02 bits per heavy atom. The molecule has 1 aliphatic carbocycles. The Balaban J connectivity index is 0.00000370. The molecule has 212 valence electrons. The predicted molar refractivity (Wildman–Crippen MR) is 160 cm³/mol. The van der Waals surface area contributed by atoms with E-state index in [1.807, 2.05) is 30.3 Å². The molecule has 0 spiro atoms. The van der Waals surface area contributed by atoms with Gasteiger partial charge in [-0.15, -0.1) is 12.4 Å². The summed E-state index contributed by atoms with van der Waals surface area (Å²) in [6.45, 7) is 4.37. The third kappa shape index (κ3) is 6.51. The molecule has 0 bridgehead atoms. The number of carboxylic acids is 1. The fraction of sp³-hybridized carbons (Fsp3) is 0.364. The highest BCUT2D eigenvalue weighted by Gasteiger charge is 2.25. The van der Waals surface area contributed by atoms with Crippen molar-refractivity contribution in [1.82, 2.24) is 4.90 Å². The lowest BCUT2D eigenvalue weighted by molar-refractivity contribution is 0.0696. The van der Waals surface area contributed by atoms with Gasteiger partial charge in [-0.05, 0) is 114 Å². The summed E-state index contributed by atoms with van der Waals surface area (Å²) in [6, 6.07) is 20.0. The van der Waals surface area contributed by atoms with Crippen molar-refractivity contribution in [1.29, 1.82) is 0 Å². The molecular weight excluding hydrogens is 529 g/mol. The maximum atomic E-state index is 12.6. The number of fused-ring (bicyclic) bond motifs is 1. The molecular formula is C33H37ClFNO4. The van der Waals surface area contributed by atoms with Gasteiger partial charge >= 0.3 is 5.97 Å². The standard InChI is InChI=1S/C33H36FNO4.ClH/c1-22-19-27(38-2)12-14-29(22)31-6-3-5-24-20-25(33(36)37)9-13-30(24)32(31)23-7-10-26(11-8-23)39-28-15-18-35(21-28)17-4-16-34;/h7-14,19-20,28H,3-6,15-18,21H2,1-2H3,(H,36,37);1H/t28-;/m0./s1. The maximum absolute atomic E-state index is 12.6. The van der Waals surface area contributed by atoms with Crippen LogP contribution >= 0.6 is 12.4 Å². The smallest absolute Gasteiger partial charge is 0.335 e. The molecule has 0 radical (unpaired) electrons. The highest BCUT2D eigenvalue weighted by Crippen LogP contribution is 2.42. The molecule has 1 aliphatic heterocycles. The average molecular weight is 566 g/mol. The summed E-state index contributed by atoms with van der Waals surface area (Å²) in [5.41, 5.74) is 8.25. The normalized spacial score (nSPS) is 17.1. The number of allylic oxidation sites excluding steroid dienone is 1. The van der Waals surface area contributed by atoms with Crippen LogP contribution in [-0.4, -0.2) is 55.5 Å². The zero-order chi connectivity index (χ0) is 27.4. The molecule has 5 nitrogen and oxygen atoms in total. The van der Waals surface area contributed by atoms with E-state index in [0.717, 1.165) is 84.6 Å². The third-order valence-corrected chi connectivity index (χ3v) is 7.84. The zero-order valence-electron chi connectivity index (χ0n) is 23.1. The number of ether oxygens (including phenoxy) is 2. The first-order valence-corrected chi connectivity index (χ1v) is 13.8. The van der Waals surface area contributed by atoms with Crippen molar-refractivity contribution in [2.24, 2.45) is 0 Å². The lowest BCUT2D eigenvalue weighted by atomic mass is 9.86. The molecule has 0 amide bonds. The lowest BCUT2D eigenvalue weighted by Crippen LogP contribution is -2.26. The number of hydrogen-bond donors (Lipinski definition) is 1. The number of aryl methyl sites for hydroxylation is 2. The summed E-state index contributed by atoms with van der Waals surface area (Å²) in [7, 11) is 1.68. The van der Waals surface area contributed by atoms with Crippen molar-refractivity contribution in [3.8, 4) is 11.5 Å². The van der Waals surface area contributed by atoms with Crippen molar-refractivity contribution < 1.29 is 23.8 Å². The average Bonchev–Trinajstić information content (AvgIpc) is 3.30. The van der Waals surface area contributed by atoms with Gasteiger partial charge in [0.1, 0.15) is 17.6 Å². The highest BCUT2D eigenvalue weighted by atomic mass is 35.5. The van der Waals surface area contributed by atoms with Gasteiger partial charge < -0.3 is 14.6 Å². The predicted octanol–water partition coefficient (Wildman–Crippen LogP) is 7.23. The van der Waals surface area contributed by atoms with Crippen molar-refractivity contribution >= 4 is 29.5 Å². The molecule has 1 atom stereocenters. The second kappa shape index (κ2) is 13.3. The van der Waals surface area contributed by atoms with E-state index in [1.165, 1.54) is 11.1 Å². The molecule has 1 fully saturated rings. The monoisotopic (exact) mass is 565 g/mol. The minimum absolute atomic E-state index is 0. The summed E-state index contributed by atoms with van der Waals surface area (Å²) >= 11 is 0. The molecule has 3 aromatic rings. The number of halogens is 2. The molecule has 1 saturated heterocycles. The van der Waals surface area contributed by atoms with E-state index in [1.54, 1.807) is 13.2 Å². The number of alkyl halides is 1. The minimum atomic E-state index is -0.907. The van der Waals surface area contributed by atoms with Gasteiger partial charge in [-0.3, -0.25) is 9.29 Å². The zero-order valence-corrected chi connectivity index (χ0v) is 23.9. The number of carbonyl (C=O) groups is 1. The first-order valence-electron chi connectivity index (χ1n) is 13.8. The Kier molecular flexibility index (Phi) is 9.88. The number of likely N-dealkylation sites (tertiary alicyclic amines) is 1. The van der Waals surface area contributed by atoms with Crippen molar-refractivity contribution in [3.05, 3.63) is 94.0 Å². The van der Waals surface area contributed by atoms with E-state index in [2.05, 4.69) is 36.1 Å². The Morgan fingerprint density at radius 2 is 1.77 bits per heavy atom. The molecule has 1 heterocycles. The molecule has 2 aliphatic rings. The Labute approximate surface area is 242 Å². The van der Waals surface area contributed by atoms with Crippen LogP contribution in [0.4, 0.5) is 4.39 Å². The summed E-state index contributed by atoms with van der Waals surface area (Å²) < 4.78 is 24.3. The highest BCUT2D eigenvalue weighted by molar-refractivity contribution is 6.01. The number of rotatable bonds is 9. The van der Waals surface area contributed by atoms with Crippen molar-refractivity contribution in [2.45, 2.75) is 45.1 Å². The van der Waals surface area contributed by atoms with E-state index in [-0.39, 0.29) is 25.2 Å². The summed E-state index contributed by atoms with van der Waals surface area (Å²) in [4.78, 5) is 14.0. The fourth-order valence-electron chi connectivity index (χ4n) is 5.89. The van der Waals surface area contributed by atoms with Crippen LogP contribution in [0, 0.1) is 6.92 Å². The van der Waals surface area contributed by atoms with E-state index in [4.69, 9.17) is 9.47 Å². The Hall–Kier alpha value is -3.35. The van der Waals surface area contributed by atoms with Crippen LogP contribution in [0.25, 0.3) is 11.1 Å². The number of aromatic carboxylic acids is 1. The molecule has 3 aromatic carbocycles. The van der Waals surface area contributed by atoms with Crippen LogP contribution < -0.4 is 9.47 Å². The number of benzene rings is 3. The fourth-order valence-corrected chi connectivity index (χ4v) is 5.89. The van der Waals surface area contributed by atoms with Gasteiger partial charge in [0.15, 0.2) is 0 Å².